The molecule has 180 valence electrons. The third-order valence-electron chi connectivity index (χ3n) is 6.38. The Kier molecular flexibility index (Phi) is 7.49. The van der Waals surface area contributed by atoms with Crippen molar-refractivity contribution in [1.29, 1.82) is 0 Å². The van der Waals surface area contributed by atoms with E-state index in [1.807, 2.05) is 58.9 Å². The molecule has 0 unspecified atom stereocenters. The predicted octanol–water partition coefficient (Wildman–Crippen LogP) is 4.48. The number of carbonyl (C=O) groups is 1. The summed E-state index contributed by atoms with van der Waals surface area (Å²) < 4.78 is 34.0. The highest BCUT2D eigenvalue weighted by atomic mass is 32.2. The van der Waals surface area contributed by atoms with Crippen LogP contribution in [0.5, 0.6) is 0 Å². The van der Waals surface area contributed by atoms with Gasteiger partial charge >= 0.3 is 0 Å². The standard InChI is InChI=1S/C25H35N3O4S/c1-7-25(5,6)26-24(29)21-9-8-14-28(16-21)33(30,31)23-19(4)27-32-22(23)13-12-20-15-17(2)10-11-18(20)3/h10-13,15,21H,7-9,14,16H2,1-6H3,(H,26,29)/b13-12+/t21-/m1/s1. The molecule has 1 fully saturated rings. The molecular weight excluding hydrogens is 438 g/mol. The third-order valence-corrected chi connectivity index (χ3v) is 8.40. The second-order valence-corrected chi connectivity index (χ2v) is 11.5. The molecule has 0 aliphatic carbocycles. The quantitative estimate of drug-likeness (QED) is 0.640. The van der Waals surface area contributed by atoms with Gasteiger partial charge in [0.05, 0.1) is 5.92 Å². The normalized spacial score (nSPS) is 18.1. The van der Waals surface area contributed by atoms with Crippen molar-refractivity contribution in [2.24, 2.45) is 5.92 Å². The van der Waals surface area contributed by atoms with Gasteiger partial charge < -0.3 is 9.84 Å². The molecule has 0 spiro atoms. The van der Waals surface area contributed by atoms with E-state index in [1.54, 1.807) is 13.0 Å². The fourth-order valence-corrected chi connectivity index (χ4v) is 5.71. The van der Waals surface area contributed by atoms with Crippen LogP contribution in [0, 0.1) is 26.7 Å². The van der Waals surface area contributed by atoms with Crippen molar-refractivity contribution in [3.8, 4) is 0 Å². The van der Waals surface area contributed by atoms with Crippen LogP contribution in [0.4, 0.5) is 0 Å². The average Bonchev–Trinajstić information content (AvgIpc) is 3.15. The minimum atomic E-state index is -3.87. The van der Waals surface area contributed by atoms with Crippen molar-refractivity contribution < 1.29 is 17.7 Å². The number of hydrogen-bond donors (Lipinski definition) is 1. The molecule has 1 N–H and O–H groups in total. The van der Waals surface area contributed by atoms with Crippen LogP contribution in [0.2, 0.25) is 0 Å². The molecule has 1 amide bonds. The number of carbonyl (C=O) groups excluding carboxylic acids is 1. The van der Waals surface area contributed by atoms with Gasteiger partial charge in [-0.3, -0.25) is 4.79 Å². The van der Waals surface area contributed by atoms with Gasteiger partial charge in [0.25, 0.3) is 0 Å². The number of rotatable bonds is 7. The number of nitrogens with one attached hydrogen (secondary N) is 1. The van der Waals surface area contributed by atoms with Gasteiger partial charge in [-0.2, -0.15) is 4.31 Å². The minimum Gasteiger partial charge on any atom is -0.355 e. The zero-order valence-corrected chi connectivity index (χ0v) is 21.3. The number of aryl methyl sites for hydroxylation is 3. The van der Waals surface area contributed by atoms with Crippen LogP contribution >= 0.6 is 0 Å². The summed E-state index contributed by atoms with van der Waals surface area (Å²) in [4.78, 5) is 12.9. The van der Waals surface area contributed by atoms with E-state index in [1.165, 1.54) is 4.31 Å². The smallest absolute Gasteiger partial charge is 0.248 e. The van der Waals surface area contributed by atoms with E-state index in [4.69, 9.17) is 4.52 Å². The lowest BCUT2D eigenvalue weighted by atomic mass is 9.95. The first-order valence-electron chi connectivity index (χ1n) is 11.5. The lowest BCUT2D eigenvalue weighted by Crippen LogP contribution is -2.50. The molecule has 0 radical (unpaired) electrons. The number of hydrogen-bond acceptors (Lipinski definition) is 5. The van der Waals surface area contributed by atoms with E-state index in [2.05, 4.69) is 10.5 Å². The summed E-state index contributed by atoms with van der Waals surface area (Å²) in [5.41, 5.74) is 3.17. The van der Waals surface area contributed by atoms with E-state index in [0.29, 0.717) is 25.1 Å². The van der Waals surface area contributed by atoms with Crippen molar-refractivity contribution in [1.82, 2.24) is 14.8 Å². The van der Waals surface area contributed by atoms with Gasteiger partial charge in [-0.15, -0.1) is 0 Å². The molecule has 1 aromatic heterocycles. The Labute approximate surface area is 197 Å². The predicted molar refractivity (Wildman–Crippen MR) is 130 cm³/mol. The fraction of sp³-hybridized carbons (Fsp3) is 0.520. The molecule has 0 saturated carbocycles. The molecule has 1 atom stereocenters. The van der Waals surface area contributed by atoms with Crippen LogP contribution in [0.1, 0.15) is 68.2 Å². The van der Waals surface area contributed by atoms with Gasteiger partial charge in [0.2, 0.25) is 15.9 Å². The number of aromatic nitrogens is 1. The van der Waals surface area contributed by atoms with Gasteiger partial charge in [-0.05, 0) is 71.1 Å². The molecule has 2 heterocycles. The van der Waals surface area contributed by atoms with Gasteiger partial charge in [0.1, 0.15) is 5.69 Å². The van der Waals surface area contributed by atoms with E-state index in [-0.39, 0.29) is 34.6 Å². The minimum absolute atomic E-state index is 0.0685. The average molecular weight is 474 g/mol. The zero-order chi connectivity index (χ0) is 24.4. The highest BCUT2D eigenvalue weighted by molar-refractivity contribution is 7.89. The van der Waals surface area contributed by atoms with Gasteiger partial charge in [-0.25, -0.2) is 8.42 Å². The Morgan fingerprint density at radius 1 is 1.27 bits per heavy atom. The van der Waals surface area contributed by atoms with Crippen molar-refractivity contribution in [2.75, 3.05) is 13.1 Å². The van der Waals surface area contributed by atoms with Crippen LogP contribution in [0.25, 0.3) is 12.2 Å². The largest absolute Gasteiger partial charge is 0.355 e. The Morgan fingerprint density at radius 3 is 2.70 bits per heavy atom. The van der Waals surface area contributed by atoms with Crippen molar-refractivity contribution in [3.63, 3.8) is 0 Å². The molecule has 1 aliphatic heterocycles. The summed E-state index contributed by atoms with van der Waals surface area (Å²) in [6, 6.07) is 6.09. The monoisotopic (exact) mass is 473 g/mol. The summed E-state index contributed by atoms with van der Waals surface area (Å²) in [6.45, 7) is 12.1. The number of amides is 1. The van der Waals surface area contributed by atoms with E-state index < -0.39 is 10.0 Å². The van der Waals surface area contributed by atoms with E-state index in [0.717, 1.165) is 23.1 Å². The SMILES string of the molecule is CCC(C)(C)NC(=O)[C@@H]1CCCN(S(=O)(=O)c2c(C)noc2/C=C/c2cc(C)ccc2C)C1. The summed E-state index contributed by atoms with van der Waals surface area (Å²) in [7, 11) is -3.87. The third kappa shape index (κ3) is 5.73. The van der Waals surface area contributed by atoms with Crippen molar-refractivity contribution in [3.05, 3.63) is 46.3 Å². The molecule has 0 bridgehead atoms. The molecule has 33 heavy (non-hydrogen) atoms. The van der Waals surface area contributed by atoms with Crippen LogP contribution in [0.3, 0.4) is 0 Å². The Morgan fingerprint density at radius 2 is 2.00 bits per heavy atom. The Balaban J connectivity index is 1.86. The molecule has 7 nitrogen and oxygen atoms in total. The summed E-state index contributed by atoms with van der Waals surface area (Å²) in [5.74, 6) is -0.278. The molecule has 3 rings (SSSR count). The Bertz CT molecular complexity index is 1150. The number of sulfonamides is 1. The first-order chi connectivity index (χ1) is 15.4. The van der Waals surface area contributed by atoms with E-state index >= 15 is 0 Å². The molecule has 2 aromatic rings. The summed E-state index contributed by atoms with van der Waals surface area (Å²) >= 11 is 0. The Hall–Kier alpha value is -2.45. The first-order valence-corrected chi connectivity index (χ1v) is 12.9. The number of benzene rings is 1. The van der Waals surface area contributed by atoms with E-state index in [9.17, 15) is 13.2 Å². The number of nitrogens with zero attached hydrogens (tertiary/aromatic N) is 2. The highest BCUT2D eigenvalue weighted by Gasteiger charge is 2.37. The summed E-state index contributed by atoms with van der Waals surface area (Å²) in [6.07, 6.45) is 5.60. The van der Waals surface area contributed by atoms with Crippen molar-refractivity contribution in [2.45, 2.75) is 71.2 Å². The second-order valence-electron chi connectivity index (χ2n) is 9.58. The topological polar surface area (TPSA) is 92.5 Å². The number of piperidine rings is 1. The molecule has 1 aromatic carbocycles. The summed E-state index contributed by atoms with van der Waals surface area (Å²) in [5, 5.41) is 6.98. The maximum Gasteiger partial charge on any atom is 0.248 e. The fourth-order valence-electron chi connectivity index (χ4n) is 3.93. The van der Waals surface area contributed by atoms with Crippen LogP contribution in [0.15, 0.2) is 27.6 Å². The zero-order valence-electron chi connectivity index (χ0n) is 20.4. The van der Waals surface area contributed by atoms with Crippen molar-refractivity contribution >= 4 is 28.1 Å². The lowest BCUT2D eigenvalue weighted by molar-refractivity contribution is -0.127. The maximum atomic E-state index is 13.6. The molecule has 1 aliphatic rings. The molecule has 1 saturated heterocycles. The highest BCUT2D eigenvalue weighted by Crippen LogP contribution is 2.30. The van der Waals surface area contributed by atoms with Crippen LogP contribution in [-0.4, -0.2) is 42.4 Å². The van der Waals surface area contributed by atoms with Crippen LogP contribution < -0.4 is 5.32 Å². The van der Waals surface area contributed by atoms with Gasteiger partial charge in [0.15, 0.2) is 10.7 Å². The molecule has 8 heteroatoms. The second kappa shape index (κ2) is 9.81. The first kappa shape index (κ1) is 25.2. The van der Waals surface area contributed by atoms with Crippen LogP contribution in [-0.2, 0) is 14.8 Å². The molecular formula is C25H35N3O4S. The van der Waals surface area contributed by atoms with Gasteiger partial charge in [0, 0.05) is 18.6 Å². The maximum absolute atomic E-state index is 13.6. The lowest BCUT2D eigenvalue weighted by Gasteiger charge is -2.33. The van der Waals surface area contributed by atoms with Gasteiger partial charge in [-0.1, -0.05) is 41.9 Å².